The lowest BCUT2D eigenvalue weighted by Gasteiger charge is -2.14. The van der Waals surface area contributed by atoms with Gasteiger partial charge in [0.2, 0.25) is 0 Å². The predicted molar refractivity (Wildman–Crippen MR) is 109 cm³/mol. The molecule has 0 bridgehead atoms. The number of benzene rings is 2. The molecule has 0 aliphatic carbocycles. The van der Waals surface area contributed by atoms with Crippen LogP contribution in [0.1, 0.15) is 19.8 Å². The SMILES string of the molecule is CCCOC(=O)CCSc1nc2ccccc2c(=O)n1-c1ccccc1Cl. The number of hydrogen-bond donors (Lipinski definition) is 0. The summed E-state index contributed by atoms with van der Waals surface area (Å²) in [5, 5.41) is 1.47. The minimum atomic E-state index is -0.253. The van der Waals surface area contributed by atoms with Gasteiger partial charge in [-0.2, -0.15) is 0 Å². The molecule has 7 heteroatoms. The Hall–Kier alpha value is -2.31. The summed E-state index contributed by atoms with van der Waals surface area (Å²) >= 11 is 7.66. The van der Waals surface area contributed by atoms with Crippen LogP contribution in [-0.2, 0) is 9.53 Å². The van der Waals surface area contributed by atoms with Crippen molar-refractivity contribution in [2.24, 2.45) is 0 Å². The van der Waals surface area contributed by atoms with E-state index < -0.39 is 0 Å². The molecule has 0 N–H and O–H groups in total. The van der Waals surface area contributed by atoms with E-state index in [0.717, 1.165) is 6.42 Å². The molecule has 0 saturated carbocycles. The van der Waals surface area contributed by atoms with Crippen molar-refractivity contribution in [3.05, 3.63) is 63.9 Å². The van der Waals surface area contributed by atoms with Gasteiger partial charge in [-0.25, -0.2) is 4.98 Å². The first-order valence-corrected chi connectivity index (χ1v) is 10.0. The summed E-state index contributed by atoms with van der Waals surface area (Å²) in [7, 11) is 0. The zero-order valence-corrected chi connectivity index (χ0v) is 16.4. The average Bonchev–Trinajstić information content (AvgIpc) is 2.67. The minimum Gasteiger partial charge on any atom is -0.466 e. The highest BCUT2D eigenvalue weighted by atomic mass is 35.5. The molecule has 27 heavy (non-hydrogen) atoms. The lowest BCUT2D eigenvalue weighted by Crippen LogP contribution is -2.22. The van der Waals surface area contributed by atoms with Gasteiger partial charge in [0.15, 0.2) is 5.16 Å². The highest BCUT2D eigenvalue weighted by molar-refractivity contribution is 7.99. The number of esters is 1. The summed E-state index contributed by atoms with van der Waals surface area (Å²) in [5.74, 6) is 0.203. The first-order valence-electron chi connectivity index (χ1n) is 8.67. The predicted octanol–water partition coefficient (Wildman–Crippen LogP) is 4.47. The van der Waals surface area contributed by atoms with E-state index in [1.165, 1.54) is 16.3 Å². The van der Waals surface area contributed by atoms with Crippen LogP contribution in [0.3, 0.4) is 0 Å². The van der Waals surface area contributed by atoms with Gasteiger partial charge in [0.05, 0.1) is 34.6 Å². The molecule has 0 amide bonds. The molecule has 140 valence electrons. The van der Waals surface area contributed by atoms with Gasteiger partial charge in [-0.05, 0) is 30.7 Å². The van der Waals surface area contributed by atoms with E-state index >= 15 is 0 Å². The number of rotatable bonds is 7. The third-order valence-electron chi connectivity index (χ3n) is 3.84. The number of hydrogen-bond acceptors (Lipinski definition) is 5. The molecule has 3 rings (SSSR count). The molecule has 0 spiro atoms. The second kappa shape index (κ2) is 9.06. The number of halogens is 1. The third-order valence-corrected chi connectivity index (χ3v) is 5.10. The Balaban J connectivity index is 1.98. The van der Waals surface area contributed by atoms with Crippen LogP contribution in [0.25, 0.3) is 16.6 Å². The highest BCUT2D eigenvalue weighted by Crippen LogP contribution is 2.26. The topological polar surface area (TPSA) is 61.2 Å². The van der Waals surface area contributed by atoms with Crippen molar-refractivity contribution in [2.75, 3.05) is 12.4 Å². The van der Waals surface area contributed by atoms with Gasteiger partial charge in [0, 0.05) is 5.75 Å². The Morgan fingerprint density at radius 1 is 1.19 bits per heavy atom. The number of nitrogens with zero attached hydrogens (tertiary/aromatic N) is 2. The number of thioether (sulfide) groups is 1. The average molecular weight is 403 g/mol. The van der Waals surface area contributed by atoms with Crippen molar-refractivity contribution in [2.45, 2.75) is 24.9 Å². The maximum atomic E-state index is 13.1. The highest BCUT2D eigenvalue weighted by Gasteiger charge is 2.15. The summed E-state index contributed by atoms with van der Waals surface area (Å²) in [5.41, 5.74) is 0.991. The number of carbonyl (C=O) groups excluding carboxylic acids is 1. The van der Waals surface area contributed by atoms with Gasteiger partial charge in [0.25, 0.3) is 5.56 Å². The third kappa shape index (κ3) is 4.51. The largest absolute Gasteiger partial charge is 0.466 e. The zero-order chi connectivity index (χ0) is 19.2. The van der Waals surface area contributed by atoms with Crippen LogP contribution in [-0.4, -0.2) is 27.9 Å². The molecule has 0 saturated heterocycles. The van der Waals surface area contributed by atoms with Crippen LogP contribution in [0.15, 0.2) is 58.5 Å². The number of para-hydroxylation sites is 2. The summed E-state index contributed by atoms with van der Waals surface area (Å²) in [6.45, 7) is 2.37. The smallest absolute Gasteiger partial charge is 0.306 e. The molecular formula is C20H19ClN2O3S. The molecular weight excluding hydrogens is 384 g/mol. The maximum Gasteiger partial charge on any atom is 0.306 e. The van der Waals surface area contributed by atoms with Gasteiger partial charge < -0.3 is 4.74 Å². The molecule has 5 nitrogen and oxygen atoms in total. The quantitative estimate of drug-likeness (QED) is 0.331. The van der Waals surface area contributed by atoms with Crippen molar-refractivity contribution < 1.29 is 9.53 Å². The summed E-state index contributed by atoms with van der Waals surface area (Å²) in [6, 6.07) is 14.3. The number of ether oxygens (including phenoxy) is 1. The van der Waals surface area contributed by atoms with Crippen molar-refractivity contribution in [3.8, 4) is 5.69 Å². The molecule has 0 fully saturated rings. The second-order valence-electron chi connectivity index (χ2n) is 5.82. The number of carbonyl (C=O) groups is 1. The Bertz CT molecular complexity index is 1020. The second-order valence-corrected chi connectivity index (χ2v) is 7.29. The fourth-order valence-electron chi connectivity index (χ4n) is 2.57. The molecule has 1 heterocycles. The van der Waals surface area contributed by atoms with Crippen molar-refractivity contribution in [3.63, 3.8) is 0 Å². The normalized spacial score (nSPS) is 10.9. The molecule has 1 aromatic heterocycles. The van der Waals surface area contributed by atoms with E-state index in [0.29, 0.717) is 39.1 Å². The van der Waals surface area contributed by atoms with Gasteiger partial charge in [-0.1, -0.05) is 54.6 Å². The van der Waals surface area contributed by atoms with Crippen LogP contribution in [0.5, 0.6) is 0 Å². The fraction of sp³-hybridized carbons (Fsp3) is 0.250. The van der Waals surface area contributed by atoms with Crippen molar-refractivity contribution in [1.82, 2.24) is 9.55 Å². The lowest BCUT2D eigenvalue weighted by molar-refractivity contribution is -0.143. The van der Waals surface area contributed by atoms with Crippen LogP contribution in [0.2, 0.25) is 5.02 Å². The zero-order valence-electron chi connectivity index (χ0n) is 14.9. The summed E-state index contributed by atoms with van der Waals surface area (Å²) in [6.07, 6.45) is 1.03. The Kier molecular flexibility index (Phi) is 6.53. The van der Waals surface area contributed by atoms with Gasteiger partial charge >= 0.3 is 5.97 Å². The van der Waals surface area contributed by atoms with E-state index in [1.54, 1.807) is 30.3 Å². The fourth-order valence-corrected chi connectivity index (χ4v) is 3.71. The Morgan fingerprint density at radius 2 is 1.93 bits per heavy atom. The first-order chi connectivity index (χ1) is 13.1. The Morgan fingerprint density at radius 3 is 2.70 bits per heavy atom. The molecule has 2 aromatic carbocycles. The van der Waals surface area contributed by atoms with Gasteiger partial charge in [-0.15, -0.1) is 0 Å². The molecule has 0 aliphatic rings. The van der Waals surface area contributed by atoms with Crippen LogP contribution in [0, 0.1) is 0 Å². The van der Waals surface area contributed by atoms with Crippen molar-refractivity contribution in [1.29, 1.82) is 0 Å². The van der Waals surface area contributed by atoms with E-state index in [1.807, 2.05) is 25.1 Å². The van der Waals surface area contributed by atoms with Gasteiger partial charge in [0.1, 0.15) is 0 Å². The number of aromatic nitrogens is 2. The minimum absolute atomic E-state index is 0.190. The summed E-state index contributed by atoms with van der Waals surface area (Å²) in [4.78, 5) is 29.5. The molecule has 0 radical (unpaired) electrons. The lowest BCUT2D eigenvalue weighted by atomic mass is 10.2. The maximum absolute atomic E-state index is 13.1. The van der Waals surface area contributed by atoms with E-state index in [4.69, 9.17) is 16.3 Å². The number of fused-ring (bicyclic) bond motifs is 1. The molecule has 3 aromatic rings. The Labute approximate surface area is 166 Å². The van der Waals surface area contributed by atoms with Crippen LogP contribution < -0.4 is 5.56 Å². The molecule has 0 aliphatic heterocycles. The van der Waals surface area contributed by atoms with Gasteiger partial charge in [-0.3, -0.25) is 14.2 Å². The van der Waals surface area contributed by atoms with Crippen LogP contribution >= 0.6 is 23.4 Å². The standard InChI is InChI=1S/C20H19ClN2O3S/c1-2-12-26-18(24)11-13-27-20-22-16-9-5-3-7-14(16)19(25)23(20)17-10-6-4-8-15(17)21/h3-10H,2,11-13H2,1H3. The molecule has 0 atom stereocenters. The summed E-state index contributed by atoms with van der Waals surface area (Å²) < 4.78 is 6.60. The first kappa shape index (κ1) is 19.5. The monoisotopic (exact) mass is 402 g/mol. The molecule has 0 unspecified atom stereocenters. The van der Waals surface area contributed by atoms with E-state index in [9.17, 15) is 9.59 Å². The van der Waals surface area contributed by atoms with Crippen LogP contribution in [0.4, 0.5) is 0 Å². The van der Waals surface area contributed by atoms with E-state index in [2.05, 4.69) is 4.98 Å². The van der Waals surface area contributed by atoms with E-state index in [-0.39, 0.29) is 17.9 Å². The van der Waals surface area contributed by atoms with Crippen molar-refractivity contribution >= 4 is 40.2 Å².